The highest BCUT2D eigenvalue weighted by molar-refractivity contribution is 5.90. The van der Waals surface area contributed by atoms with Crippen LogP contribution < -0.4 is 11.1 Å². The van der Waals surface area contributed by atoms with Crippen LogP contribution in [0.2, 0.25) is 0 Å². The molecule has 0 aliphatic heterocycles. The van der Waals surface area contributed by atoms with Gasteiger partial charge in [-0.15, -0.1) is 0 Å². The van der Waals surface area contributed by atoms with E-state index in [9.17, 15) is 4.79 Å². The fourth-order valence-corrected chi connectivity index (χ4v) is 5.11. The highest BCUT2D eigenvalue weighted by Crippen LogP contribution is 2.36. The lowest BCUT2D eigenvalue weighted by Gasteiger charge is -2.15. The molecule has 1 aromatic carbocycles. The number of oxazole rings is 1. The van der Waals surface area contributed by atoms with E-state index >= 15 is 0 Å². The summed E-state index contributed by atoms with van der Waals surface area (Å²) in [5.74, 6) is 1.33. The molecular weight excluding hydrogens is 506 g/mol. The summed E-state index contributed by atoms with van der Waals surface area (Å²) >= 11 is 0. The summed E-state index contributed by atoms with van der Waals surface area (Å²) in [7, 11) is 0. The van der Waals surface area contributed by atoms with E-state index in [0.29, 0.717) is 39.9 Å². The summed E-state index contributed by atoms with van der Waals surface area (Å²) in [6.45, 7) is 3.65. The molecule has 3 N–H and O–H groups in total. The average molecular weight is 530 g/mol. The zero-order valence-corrected chi connectivity index (χ0v) is 21.2. The SMILES string of the molecule is C=Cc1coc(C(=O)N[C@H]2CCc3cc(-n4c(-c5cccnc5N)nc5ccc(-n6cccn6)nc54)ccc32)n1. The van der Waals surface area contributed by atoms with Gasteiger partial charge in [0.25, 0.3) is 5.89 Å². The lowest BCUT2D eigenvalue weighted by molar-refractivity contribution is 0.0901. The summed E-state index contributed by atoms with van der Waals surface area (Å²) in [6.07, 6.45) is 9.70. The number of nitrogens with one attached hydrogen (secondary N) is 1. The van der Waals surface area contributed by atoms with E-state index in [2.05, 4.69) is 33.0 Å². The molecule has 5 aromatic heterocycles. The number of pyridine rings is 2. The van der Waals surface area contributed by atoms with Crippen LogP contribution in [0.25, 0.3) is 40.1 Å². The Bertz CT molecular complexity index is 1900. The first kappa shape index (κ1) is 23.5. The van der Waals surface area contributed by atoms with Gasteiger partial charge in [0.2, 0.25) is 0 Å². The van der Waals surface area contributed by atoms with E-state index in [-0.39, 0.29) is 17.8 Å². The summed E-state index contributed by atoms with van der Waals surface area (Å²) in [5, 5.41) is 7.37. The standard InChI is InChI=1S/C29H23N9O2/c1-2-18-16-40-29(33-18)28(39)35-22-9-6-17-15-19(7-8-20(17)22)38-26(21-5-3-12-31-25(21)30)34-23-10-11-24(36-27(23)38)37-14-4-13-32-37/h2-5,7-8,10-16,22H,1,6,9H2,(H2,30,31)(H,35,39)/t22-/m0/s1. The number of aromatic nitrogens is 7. The van der Waals surface area contributed by atoms with Crippen LogP contribution in [0.3, 0.4) is 0 Å². The van der Waals surface area contributed by atoms with Gasteiger partial charge in [-0.1, -0.05) is 12.6 Å². The molecule has 6 aromatic rings. The summed E-state index contributed by atoms with van der Waals surface area (Å²) in [4.78, 5) is 31.0. The second-order valence-corrected chi connectivity index (χ2v) is 9.40. The third kappa shape index (κ3) is 3.91. The Balaban J connectivity index is 1.31. The number of anilines is 1. The molecule has 0 spiro atoms. The molecule has 1 aliphatic rings. The van der Waals surface area contributed by atoms with Gasteiger partial charge >= 0.3 is 5.91 Å². The quantitative estimate of drug-likeness (QED) is 0.325. The monoisotopic (exact) mass is 529 g/mol. The zero-order chi connectivity index (χ0) is 27.2. The molecule has 0 radical (unpaired) electrons. The topological polar surface area (TPSA) is 143 Å². The number of aryl methyl sites for hydroxylation is 1. The first-order chi connectivity index (χ1) is 19.6. The van der Waals surface area contributed by atoms with Crippen molar-refractivity contribution in [3.63, 3.8) is 0 Å². The number of fused-ring (bicyclic) bond motifs is 2. The van der Waals surface area contributed by atoms with Gasteiger partial charge in [-0.25, -0.2) is 24.6 Å². The Hall–Kier alpha value is -5.58. The third-order valence-corrected chi connectivity index (χ3v) is 7.00. The highest BCUT2D eigenvalue weighted by Gasteiger charge is 2.27. The van der Waals surface area contributed by atoms with Crippen LogP contribution in [-0.4, -0.2) is 40.2 Å². The number of benzene rings is 1. The van der Waals surface area contributed by atoms with Crippen LogP contribution in [0, 0.1) is 0 Å². The van der Waals surface area contributed by atoms with E-state index in [1.807, 2.05) is 53.2 Å². The Kier molecular flexibility index (Phi) is 5.48. The minimum Gasteiger partial charge on any atom is -0.440 e. The smallest absolute Gasteiger partial charge is 0.307 e. The van der Waals surface area contributed by atoms with Gasteiger partial charge in [-0.05, 0) is 72.5 Å². The Morgan fingerprint density at radius 1 is 1.12 bits per heavy atom. The maximum atomic E-state index is 12.8. The summed E-state index contributed by atoms with van der Waals surface area (Å²) in [5.41, 5.74) is 11.9. The molecule has 11 nitrogen and oxygen atoms in total. The molecule has 7 rings (SSSR count). The summed E-state index contributed by atoms with van der Waals surface area (Å²) in [6, 6.07) is 15.4. The summed E-state index contributed by atoms with van der Waals surface area (Å²) < 4.78 is 8.99. The number of amides is 1. The normalized spacial score (nSPS) is 14.3. The van der Waals surface area contributed by atoms with E-state index in [1.54, 1.807) is 17.1 Å². The van der Waals surface area contributed by atoms with E-state index in [1.165, 1.54) is 12.3 Å². The fourth-order valence-electron chi connectivity index (χ4n) is 5.11. The first-order valence-electron chi connectivity index (χ1n) is 12.7. The molecule has 1 aliphatic carbocycles. The predicted molar refractivity (Wildman–Crippen MR) is 149 cm³/mol. The predicted octanol–water partition coefficient (Wildman–Crippen LogP) is 4.30. The van der Waals surface area contributed by atoms with Crippen molar-refractivity contribution >= 4 is 29.0 Å². The zero-order valence-electron chi connectivity index (χ0n) is 21.2. The van der Waals surface area contributed by atoms with Crippen LogP contribution in [0.1, 0.15) is 40.0 Å². The Morgan fingerprint density at radius 2 is 2.05 bits per heavy atom. The lowest BCUT2D eigenvalue weighted by atomic mass is 10.1. The molecular formula is C29H23N9O2. The molecule has 0 bridgehead atoms. The number of imidazole rings is 1. The van der Waals surface area contributed by atoms with Crippen molar-refractivity contribution in [3.8, 4) is 22.9 Å². The van der Waals surface area contributed by atoms with Crippen LogP contribution in [0.4, 0.5) is 5.82 Å². The third-order valence-electron chi connectivity index (χ3n) is 7.00. The van der Waals surface area contributed by atoms with E-state index in [0.717, 1.165) is 29.7 Å². The van der Waals surface area contributed by atoms with Gasteiger partial charge in [-0.3, -0.25) is 9.36 Å². The molecule has 196 valence electrons. The number of nitrogens with zero attached hydrogens (tertiary/aromatic N) is 7. The minimum atomic E-state index is -0.361. The molecule has 0 fully saturated rings. The number of hydrogen-bond donors (Lipinski definition) is 2. The Morgan fingerprint density at radius 3 is 2.85 bits per heavy atom. The van der Waals surface area contributed by atoms with Crippen molar-refractivity contribution in [2.45, 2.75) is 18.9 Å². The number of nitrogens with two attached hydrogens (primary N) is 1. The van der Waals surface area contributed by atoms with Gasteiger partial charge in [-0.2, -0.15) is 5.10 Å². The van der Waals surface area contributed by atoms with Crippen LogP contribution in [0.5, 0.6) is 0 Å². The number of carbonyl (C=O) groups is 1. The molecule has 1 atom stereocenters. The Labute approximate surface area is 228 Å². The minimum absolute atomic E-state index is 0.0163. The molecule has 5 heterocycles. The van der Waals surface area contributed by atoms with Crippen LogP contribution in [0.15, 0.2) is 84.4 Å². The van der Waals surface area contributed by atoms with E-state index in [4.69, 9.17) is 20.1 Å². The van der Waals surface area contributed by atoms with Gasteiger partial charge in [0.1, 0.15) is 23.3 Å². The van der Waals surface area contributed by atoms with E-state index < -0.39 is 0 Å². The molecule has 0 unspecified atom stereocenters. The first-order valence-corrected chi connectivity index (χ1v) is 12.7. The van der Waals surface area contributed by atoms with Gasteiger partial charge in [0.15, 0.2) is 17.3 Å². The maximum absolute atomic E-state index is 12.8. The average Bonchev–Trinajstić information content (AvgIpc) is 3.79. The fraction of sp³-hybridized carbons (Fsp3) is 0.103. The molecule has 1 amide bonds. The van der Waals surface area contributed by atoms with Crippen molar-refractivity contribution in [1.82, 2.24) is 39.6 Å². The van der Waals surface area contributed by atoms with Crippen molar-refractivity contribution in [3.05, 3.63) is 103 Å². The van der Waals surface area contributed by atoms with Crippen molar-refractivity contribution in [2.24, 2.45) is 0 Å². The number of rotatable bonds is 6. The second-order valence-electron chi connectivity index (χ2n) is 9.40. The van der Waals surface area contributed by atoms with Gasteiger partial charge < -0.3 is 15.5 Å². The number of hydrogen-bond acceptors (Lipinski definition) is 8. The molecule has 40 heavy (non-hydrogen) atoms. The molecule has 11 heteroatoms. The van der Waals surface area contributed by atoms with Gasteiger partial charge in [0, 0.05) is 24.3 Å². The van der Waals surface area contributed by atoms with Crippen molar-refractivity contribution in [2.75, 3.05) is 5.73 Å². The highest BCUT2D eigenvalue weighted by atomic mass is 16.4. The maximum Gasteiger partial charge on any atom is 0.307 e. The number of nitrogen functional groups attached to an aromatic ring is 1. The largest absolute Gasteiger partial charge is 0.440 e. The van der Waals surface area contributed by atoms with Gasteiger partial charge in [0.05, 0.1) is 11.6 Å². The molecule has 0 saturated heterocycles. The van der Waals surface area contributed by atoms with Crippen molar-refractivity contribution in [1.29, 1.82) is 0 Å². The van der Waals surface area contributed by atoms with Crippen LogP contribution >= 0.6 is 0 Å². The molecule has 0 saturated carbocycles. The second kappa shape index (κ2) is 9.31. The number of carbonyl (C=O) groups excluding carboxylic acids is 1. The van der Waals surface area contributed by atoms with Crippen LogP contribution in [-0.2, 0) is 6.42 Å². The van der Waals surface area contributed by atoms with Crippen molar-refractivity contribution < 1.29 is 9.21 Å². The lowest BCUT2D eigenvalue weighted by Crippen LogP contribution is -2.27.